The fourth-order valence-corrected chi connectivity index (χ4v) is 1.50. The molecule has 1 unspecified atom stereocenters. The van der Waals surface area contributed by atoms with Crippen LogP contribution in [-0.4, -0.2) is 23.0 Å². The van der Waals surface area contributed by atoms with Crippen LogP contribution in [0, 0.1) is 13.8 Å². The Morgan fingerprint density at radius 3 is 2.76 bits per heavy atom. The van der Waals surface area contributed by atoms with Crippen molar-refractivity contribution in [3.63, 3.8) is 0 Å². The SMILES string of the molecule is Cc1nc(CNC(C)C(=O)NC2CC2)oc1C. The van der Waals surface area contributed by atoms with E-state index < -0.39 is 0 Å². The molecule has 5 nitrogen and oxygen atoms in total. The molecule has 5 heteroatoms. The highest BCUT2D eigenvalue weighted by Crippen LogP contribution is 2.18. The van der Waals surface area contributed by atoms with Crippen molar-refractivity contribution < 1.29 is 9.21 Å². The maximum Gasteiger partial charge on any atom is 0.237 e. The van der Waals surface area contributed by atoms with Gasteiger partial charge in [-0.05, 0) is 33.6 Å². The molecule has 0 radical (unpaired) electrons. The average molecular weight is 237 g/mol. The number of amides is 1. The van der Waals surface area contributed by atoms with Crippen molar-refractivity contribution >= 4 is 5.91 Å². The van der Waals surface area contributed by atoms with E-state index in [2.05, 4.69) is 15.6 Å². The van der Waals surface area contributed by atoms with Gasteiger partial charge in [-0.3, -0.25) is 10.1 Å². The molecule has 0 spiro atoms. The minimum atomic E-state index is -0.219. The fraction of sp³-hybridized carbons (Fsp3) is 0.667. The Morgan fingerprint density at radius 1 is 1.53 bits per heavy atom. The molecule has 0 aliphatic heterocycles. The Morgan fingerprint density at radius 2 is 2.24 bits per heavy atom. The monoisotopic (exact) mass is 237 g/mol. The number of nitrogens with one attached hydrogen (secondary N) is 2. The zero-order valence-electron chi connectivity index (χ0n) is 10.5. The molecular weight excluding hydrogens is 218 g/mol. The third kappa shape index (κ3) is 3.30. The third-order valence-corrected chi connectivity index (χ3v) is 2.95. The lowest BCUT2D eigenvalue weighted by atomic mass is 10.3. The van der Waals surface area contributed by atoms with Crippen LogP contribution in [0.5, 0.6) is 0 Å². The maximum atomic E-state index is 11.7. The lowest BCUT2D eigenvalue weighted by molar-refractivity contribution is -0.122. The zero-order valence-corrected chi connectivity index (χ0v) is 10.5. The summed E-state index contributed by atoms with van der Waals surface area (Å²) in [5.41, 5.74) is 0.900. The molecule has 1 aliphatic rings. The molecule has 0 aromatic carbocycles. The molecule has 1 aromatic rings. The van der Waals surface area contributed by atoms with Gasteiger partial charge in [0, 0.05) is 6.04 Å². The molecule has 1 aliphatic carbocycles. The fourth-order valence-electron chi connectivity index (χ4n) is 1.50. The van der Waals surface area contributed by atoms with Crippen molar-refractivity contribution in [2.75, 3.05) is 0 Å². The van der Waals surface area contributed by atoms with E-state index in [0.717, 1.165) is 24.3 Å². The van der Waals surface area contributed by atoms with E-state index in [1.165, 1.54) is 0 Å². The van der Waals surface area contributed by atoms with Gasteiger partial charge in [0.15, 0.2) is 0 Å². The molecule has 1 atom stereocenters. The summed E-state index contributed by atoms with van der Waals surface area (Å²) in [5, 5.41) is 6.06. The first kappa shape index (κ1) is 12.1. The van der Waals surface area contributed by atoms with Gasteiger partial charge in [-0.25, -0.2) is 4.98 Å². The lowest BCUT2D eigenvalue weighted by Gasteiger charge is -2.12. The summed E-state index contributed by atoms with van der Waals surface area (Å²) in [7, 11) is 0. The number of hydrogen-bond acceptors (Lipinski definition) is 4. The van der Waals surface area contributed by atoms with Gasteiger partial charge in [-0.15, -0.1) is 0 Å². The highest BCUT2D eigenvalue weighted by atomic mass is 16.4. The molecule has 17 heavy (non-hydrogen) atoms. The predicted octanol–water partition coefficient (Wildman–Crippen LogP) is 1.05. The van der Waals surface area contributed by atoms with Crippen LogP contribution in [0.2, 0.25) is 0 Å². The van der Waals surface area contributed by atoms with Gasteiger partial charge in [0.05, 0.1) is 18.3 Å². The number of nitrogens with zero attached hydrogens (tertiary/aromatic N) is 1. The summed E-state index contributed by atoms with van der Waals surface area (Å²) >= 11 is 0. The van der Waals surface area contributed by atoms with E-state index in [4.69, 9.17) is 4.42 Å². The number of aryl methyl sites for hydroxylation is 2. The van der Waals surface area contributed by atoms with Crippen molar-refractivity contribution in [2.45, 2.75) is 52.2 Å². The van der Waals surface area contributed by atoms with Crippen LogP contribution in [-0.2, 0) is 11.3 Å². The van der Waals surface area contributed by atoms with Crippen molar-refractivity contribution in [3.8, 4) is 0 Å². The average Bonchev–Trinajstić information content (AvgIpc) is 3.03. The normalized spacial score (nSPS) is 16.9. The first-order valence-electron chi connectivity index (χ1n) is 6.03. The number of oxazole rings is 1. The van der Waals surface area contributed by atoms with Crippen LogP contribution in [0.3, 0.4) is 0 Å². The van der Waals surface area contributed by atoms with Crippen molar-refractivity contribution in [1.29, 1.82) is 0 Å². The van der Waals surface area contributed by atoms with Crippen LogP contribution in [0.1, 0.15) is 37.1 Å². The number of carbonyl (C=O) groups is 1. The summed E-state index contributed by atoms with van der Waals surface area (Å²) in [6.45, 7) is 6.12. The number of carbonyl (C=O) groups excluding carboxylic acids is 1. The number of rotatable bonds is 5. The topological polar surface area (TPSA) is 67.2 Å². The van der Waals surface area contributed by atoms with Gasteiger partial charge in [-0.1, -0.05) is 0 Å². The molecule has 2 N–H and O–H groups in total. The number of aromatic nitrogens is 1. The van der Waals surface area contributed by atoms with Gasteiger partial charge in [0.25, 0.3) is 0 Å². The Bertz CT molecular complexity index is 390. The molecule has 94 valence electrons. The summed E-state index contributed by atoms with van der Waals surface area (Å²) in [6, 6.07) is 0.182. The Balaban J connectivity index is 1.78. The van der Waals surface area contributed by atoms with Gasteiger partial charge >= 0.3 is 0 Å². The lowest BCUT2D eigenvalue weighted by Crippen LogP contribution is -2.42. The van der Waals surface area contributed by atoms with Gasteiger partial charge in [0.2, 0.25) is 11.8 Å². The highest BCUT2D eigenvalue weighted by Gasteiger charge is 2.25. The zero-order chi connectivity index (χ0) is 12.4. The second kappa shape index (κ2) is 4.87. The van der Waals surface area contributed by atoms with E-state index in [1.54, 1.807) is 0 Å². The van der Waals surface area contributed by atoms with Crippen molar-refractivity contribution in [1.82, 2.24) is 15.6 Å². The van der Waals surface area contributed by atoms with Crippen LogP contribution in [0.25, 0.3) is 0 Å². The third-order valence-electron chi connectivity index (χ3n) is 2.95. The second-order valence-corrected chi connectivity index (χ2v) is 4.63. The van der Waals surface area contributed by atoms with Crippen molar-refractivity contribution in [2.24, 2.45) is 0 Å². The maximum absolute atomic E-state index is 11.7. The largest absolute Gasteiger partial charge is 0.444 e. The van der Waals surface area contributed by atoms with Gasteiger partial charge in [-0.2, -0.15) is 0 Å². The molecule has 1 saturated carbocycles. The quantitative estimate of drug-likeness (QED) is 0.803. The van der Waals surface area contributed by atoms with E-state index in [-0.39, 0.29) is 11.9 Å². The summed E-state index contributed by atoms with van der Waals surface area (Å²) < 4.78 is 5.43. The van der Waals surface area contributed by atoms with Crippen LogP contribution in [0.4, 0.5) is 0 Å². The van der Waals surface area contributed by atoms with E-state index >= 15 is 0 Å². The molecule has 1 amide bonds. The molecule has 1 heterocycles. The van der Waals surface area contributed by atoms with Crippen molar-refractivity contribution in [3.05, 3.63) is 17.3 Å². The van der Waals surface area contributed by atoms with Crippen LogP contribution in [0.15, 0.2) is 4.42 Å². The summed E-state index contributed by atoms with van der Waals surface area (Å²) in [6.07, 6.45) is 2.22. The van der Waals surface area contributed by atoms with Crippen LogP contribution >= 0.6 is 0 Å². The summed E-state index contributed by atoms with van der Waals surface area (Å²) in [5.74, 6) is 1.51. The highest BCUT2D eigenvalue weighted by molar-refractivity contribution is 5.81. The molecule has 2 rings (SSSR count). The van der Waals surface area contributed by atoms with Crippen LogP contribution < -0.4 is 10.6 Å². The Labute approximate surface area is 101 Å². The van der Waals surface area contributed by atoms with E-state index in [9.17, 15) is 4.79 Å². The molecule has 0 bridgehead atoms. The molecule has 1 fully saturated rings. The second-order valence-electron chi connectivity index (χ2n) is 4.63. The number of hydrogen-bond donors (Lipinski definition) is 2. The molecule has 1 aromatic heterocycles. The smallest absolute Gasteiger partial charge is 0.237 e. The Kier molecular flexibility index (Phi) is 3.47. The van der Waals surface area contributed by atoms with Gasteiger partial charge in [0.1, 0.15) is 5.76 Å². The Hall–Kier alpha value is -1.36. The standard InChI is InChI=1S/C12H19N3O2/c1-7-9(3)17-11(14-7)6-13-8(2)12(16)15-10-4-5-10/h8,10,13H,4-6H2,1-3H3,(H,15,16). The first-order valence-corrected chi connectivity index (χ1v) is 6.03. The van der Waals surface area contributed by atoms with E-state index in [1.807, 2.05) is 20.8 Å². The predicted molar refractivity (Wildman–Crippen MR) is 63.4 cm³/mol. The van der Waals surface area contributed by atoms with Gasteiger partial charge < -0.3 is 9.73 Å². The molecular formula is C12H19N3O2. The minimum absolute atomic E-state index is 0.0486. The van der Waals surface area contributed by atoms with E-state index in [0.29, 0.717) is 18.5 Å². The minimum Gasteiger partial charge on any atom is -0.444 e. The first-order chi connectivity index (χ1) is 8.06. The molecule has 0 saturated heterocycles. The summed E-state index contributed by atoms with van der Waals surface area (Å²) in [4.78, 5) is 15.9.